The number of hydrogen-bond acceptors (Lipinski definition) is 5. The van der Waals surface area contributed by atoms with Crippen molar-refractivity contribution < 1.29 is 13.2 Å². The lowest BCUT2D eigenvalue weighted by Gasteiger charge is -2.18. The zero-order chi connectivity index (χ0) is 12.2. The molecule has 0 saturated carbocycles. The van der Waals surface area contributed by atoms with Crippen LogP contribution in [-0.4, -0.2) is 28.7 Å². The number of nitrogens with one attached hydrogen (secondary N) is 2. The summed E-state index contributed by atoms with van der Waals surface area (Å²) in [6, 6.07) is 0.0195. The summed E-state index contributed by atoms with van der Waals surface area (Å²) < 4.78 is 28.8. The van der Waals surface area contributed by atoms with E-state index >= 15 is 0 Å². The van der Waals surface area contributed by atoms with E-state index in [1.807, 2.05) is 20.8 Å². The maximum Gasteiger partial charge on any atom is 0.315 e. The smallest absolute Gasteiger partial charge is 0.315 e. The Morgan fingerprint density at radius 1 is 1.31 bits per heavy atom. The molecule has 0 amide bonds. The molecule has 0 spiro atoms. The maximum absolute atomic E-state index is 11.9. The van der Waals surface area contributed by atoms with Gasteiger partial charge in [-0.1, -0.05) is 5.10 Å². The van der Waals surface area contributed by atoms with Gasteiger partial charge in [-0.15, -0.1) is 5.10 Å². The van der Waals surface area contributed by atoms with Gasteiger partial charge in [-0.2, -0.15) is 0 Å². The summed E-state index contributed by atoms with van der Waals surface area (Å²) in [6.45, 7) is 5.92. The molecule has 92 valence electrons. The third-order valence-electron chi connectivity index (χ3n) is 1.64. The third kappa shape index (κ3) is 5.01. The summed E-state index contributed by atoms with van der Waals surface area (Å²) >= 11 is 0. The highest BCUT2D eigenvalue weighted by Gasteiger charge is 2.12. The van der Waals surface area contributed by atoms with E-state index in [-0.39, 0.29) is 11.6 Å². The topological polar surface area (TPSA) is 63.0 Å². The van der Waals surface area contributed by atoms with Crippen LogP contribution in [0.15, 0.2) is 4.42 Å². The molecule has 0 saturated heterocycles. The van der Waals surface area contributed by atoms with Gasteiger partial charge in [-0.3, -0.25) is 0 Å². The van der Waals surface area contributed by atoms with Gasteiger partial charge in [-0.25, -0.2) is 8.78 Å². The monoisotopic (exact) mass is 234 g/mol. The standard InChI is InChI=1S/C9H16F2N4O/c1-9(2,3)13-5-7-14-15-8(16-7)12-4-6(10)11/h6,13H,4-5H2,1-3H3,(H,12,15). The molecule has 0 fully saturated rings. The normalized spacial score (nSPS) is 12.1. The summed E-state index contributed by atoms with van der Waals surface area (Å²) in [6.07, 6.45) is -2.44. The molecule has 0 radical (unpaired) electrons. The lowest BCUT2D eigenvalue weighted by Crippen LogP contribution is -2.35. The number of anilines is 1. The van der Waals surface area contributed by atoms with E-state index in [0.29, 0.717) is 12.4 Å². The van der Waals surface area contributed by atoms with Crippen LogP contribution in [0.25, 0.3) is 0 Å². The van der Waals surface area contributed by atoms with E-state index in [1.165, 1.54) is 0 Å². The Morgan fingerprint density at radius 3 is 2.56 bits per heavy atom. The Morgan fingerprint density at radius 2 is 2.00 bits per heavy atom. The van der Waals surface area contributed by atoms with Crippen LogP contribution in [0.5, 0.6) is 0 Å². The average molecular weight is 234 g/mol. The molecular formula is C9H16F2N4O. The molecule has 0 aliphatic rings. The summed E-state index contributed by atoms with van der Waals surface area (Å²) in [7, 11) is 0. The van der Waals surface area contributed by atoms with Crippen LogP contribution >= 0.6 is 0 Å². The van der Waals surface area contributed by atoms with Gasteiger partial charge in [0.15, 0.2) is 0 Å². The minimum atomic E-state index is -2.44. The summed E-state index contributed by atoms with van der Waals surface area (Å²) in [5.41, 5.74) is -0.0644. The number of hydrogen-bond donors (Lipinski definition) is 2. The van der Waals surface area contributed by atoms with Crippen LogP contribution in [0.2, 0.25) is 0 Å². The van der Waals surface area contributed by atoms with Gasteiger partial charge in [0.05, 0.1) is 13.1 Å². The van der Waals surface area contributed by atoms with Gasteiger partial charge in [0.25, 0.3) is 6.43 Å². The Bertz CT molecular complexity index is 322. The first-order valence-corrected chi connectivity index (χ1v) is 4.96. The highest BCUT2D eigenvalue weighted by Crippen LogP contribution is 2.07. The van der Waals surface area contributed by atoms with Crippen LogP contribution in [0, 0.1) is 0 Å². The average Bonchev–Trinajstić information content (AvgIpc) is 2.58. The fourth-order valence-electron chi connectivity index (χ4n) is 0.902. The SMILES string of the molecule is CC(C)(C)NCc1nnc(NCC(F)F)o1. The predicted octanol–water partition coefficient (Wildman–Crippen LogP) is 1.63. The Hall–Kier alpha value is -1.24. The molecular weight excluding hydrogens is 218 g/mol. The first-order chi connectivity index (χ1) is 7.37. The molecule has 0 atom stereocenters. The molecule has 5 nitrogen and oxygen atoms in total. The van der Waals surface area contributed by atoms with Crippen molar-refractivity contribution in [3.05, 3.63) is 5.89 Å². The van der Waals surface area contributed by atoms with Gasteiger partial charge < -0.3 is 15.1 Å². The molecule has 1 heterocycles. The van der Waals surface area contributed by atoms with Crippen LogP contribution in [0.1, 0.15) is 26.7 Å². The molecule has 0 aliphatic carbocycles. The van der Waals surface area contributed by atoms with Crippen LogP contribution < -0.4 is 10.6 Å². The first-order valence-electron chi connectivity index (χ1n) is 4.96. The van der Waals surface area contributed by atoms with E-state index in [9.17, 15) is 8.78 Å². The molecule has 1 aromatic rings. The molecule has 16 heavy (non-hydrogen) atoms. The molecule has 0 bridgehead atoms. The highest BCUT2D eigenvalue weighted by molar-refractivity contribution is 5.16. The van der Waals surface area contributed by atoms with Gasteiger partial charge in [0.2, 0.25) is 5.89 Å². The molecule has 7 heteroatoms. The minimum absolute atomic E-state index is 0.0195. The maximum atomic E-state index is 11.9. The molecule has 1 aromatic heterocycles. The number of halogens is 2. The van der Waals surface area contributed by atoms with Crippen molar-refractivity contribution in [1.29, 1.82) is 0 Å². The Labute approximate surface area is 92.6 Å². The lowest BCUT2D eigenvalue weighted by atomic mass is 10.1. The summed E-state index contributed by atoms with van der Waals surface area (Å²) in [5, 5.41) is 12.8. The van der Waals surface area contributed by atoms with Crippen molar-refractivity contribution in [1.82, 2.24) is 15.5 Å². The van der Waals surface area contributed by atoms with Crippen molar-refractivity contribution in [2.24, 2.45) is 0 Å². The van der Waals surface area contributed by atoms with Crippen LogP contribution in [-0.2, 0) is 6.54 Å². The second kappa shape index (κ2) is 5.20. The third-order valence-corrected chi connectivity index (χ3v) is 1.64. The molecule has 0 unspecified atom stereocenters. The fourth-order valence-corrected chi connectivity index (χ4v) is 0.902. The second-order valence-electron chi connectivity index (χ2n) is 4.38. The van der Waals surface area contributed by atoms with Crippen LogP contribution in [0.3, 0.4) is 0 Å². The van der Waals surface area contributed by atoms with E-state index < -0.39 is 13.0 Å². The fraction of sp³-hybridized carbons (Fsp3) is 0.778. The number of nitrogens with zero attached hydrogens (tertiary/aromatic N) is 2. The first kappa shape index (κ1) is 12.8. The van der Waals surface area contributed by atoms with Crippen LogP contribution in [0.4, 0.5) is 14.8 Å². The summed E-state index contributed by atoms with van der Waals surface area (Å²) in [4.78, 5) is 0. The second-order valence-corrected chi connectivity index (χ2v) is 4.38. The van der Waals surface area contributed by atoms with Crippen molar-refractivity contribution in [3.63, 3.8) is 0 Å². The van der Waals surface area contributed by atoms with Crippen molar-refractivity contribution in [2.45, 2.75) is 39.3 Å². The van der Waals surface area contributed by atoms with Crippen molar-refractivity contribution in [3.8, 4) is 0 Å². The van der Waals surface area contributed by atoms with Gasteiger partial charge in [0, 0.05) is 5.54 Å². The van der Waals surface area contributed by atoms with Gasteiger partial charge in [-0.05, 0) is 20.8 Å². The highest BCUT2D eigenvalue weighted by atomic mass is 19.3. The molecule has 0 aromatic carbocycles. The Kier molecular flexibility index (Phi) is 4.17. The number of aromatic nitrogens is 2. The zero-order valence-corrected chi connectivity index (χ0v) is 9.55. The van der Waals surface area contributed by atoms with E-state index in [4.69, 9.17) is 4.42 Å². The van der Waals surface area contributed by atoms with E-state index in [2.05, 4.69) is 20.8 Å². The molecule has 0 aliphatic heterocycles. The number of alkyl halides is 2. The molecule has 1 rings (SSSR count). The van der Waals surface area contributed by atoms with Gasteiger partial charge in [0.1, 0.15) is 0 Å². The Balaban J connectivity index is 2.39. The van der Waals surface area contributed by atoms with Gasteiger partial charge >= 0.3 is 6.01 Å². The summed E-state index contributed by atoms with van der Waals surface area (Å²) in [5.74, 6) is 0.367. The van der Waals surface area contributed by atoms with E-state index in [0.717, 1.165) is 0 Å². The zero-order valence-electron chi connectivity index (χ0n) is 9.55. The largest absolute Gasteiger partial charge is 0.407 e. The van der Waals surface area contributed by atoms with Crippen molar-refractivity contribution >= 4 is 6.01 Å². The molecule has 2 N–H and O–H groups in total. The van der Waals surface area contributed by atoms with E-state index in [1.54, 1.807) is 0 Å². The lowest BCUT2D eigenvalue weighted by molar-refractivity contribution is 0.162. The van der Waals surface area contributed by atoms with Crippen molar-refractivity contribution in [2.75, 3.05) is 11.9 Å². The minimum Gasteiger partial charge on any atom is -0.407 e. The quantitative estimate of drug-likeness (QED) is 0.810. The predicted molar refractivity (Wildman–Crippen MR) is 55.4 cm³/mol. The number of rotatable bonds is 5.